The van der Waals surface area contributed by atoms with E-state index in [1.165, 1.54) is 6.92 Å². The molecule has 0 aromatic heterocycles. The lowest BCUT2D eigenvalue weighted by Crippen LogP contribution is -2.62. The van der Waals surface area contributed by atoms with E-state index in [1.54, 1.807) is 0 Å². The lowest BCUT2D eigenvalue weighted by molar-refractivity contribution is -0.285. The minimum absolute atomic E-state index is 0.0156. The maximum atomic E-state index is 11.2. The van der Waals surface area contributed by atoms with Crippen molar-refractivity contribution in [3.05, 3.63) is 0 Å². The molecule has 1 aliphatic heterocycles. The molecule has 1 aliphatic rings. The van der Waals surface area contributed by atoms with Gasteiger partial charge in [0.05, 0.1) is 12.1 Å². The number of hydrogen-bond acceptors (Lipinski definition) is 6. The molecule has 7 heteroatoms. The Morgan fingerprint density at radius 3 is 2.52 bits per heavy atom. The minimum atomic E-state index is -1.38. The largest absolute Gasteiger partial charge is 0.435 e. The van der Waals surface area contributed by atoms with Crippen molar-refractivity contribution in [1.29, 1.82) is 0 Å². The molecule has 0 aromatic rings. The summed E-state index contributed by atoms with van der Waals surface area (Å²) in [6.07, 6.45) is -1.35. The first-order valence-electron chi connectivity index (χ1n) is 6.82. The highest BCUT2D eigenvalue weighted by atomic mass is 16.7. The number of ether oxygens (including phenoxy) is 2. The Hall–Kier alpha value is -1.47. The molecule has 0 bridgehead atoms. The fourth-order valence-corrected chi connectivity index (χ4v) is 2.69. The molecule has 0 saturated carbocycles. The first kappa shape index (κ1) is 17.6. The van der Waals surface area contributed by atoms with Crippen LogP contribution < -0.4 is 5.32 Å². The molecule has 2 unspecified atom stereocenters. The lowest BCUT2D eigenvalue weighted by Gasteiger charge is -2.46. The normalized spacial score (nSPS) is 33.1. The Morgan fingerprint density at radius 2 is 2.10 bits per heavy atom. The number of rotatable bonds is 5. The van der Waals surface area contributed by atoms with Crippen LogP contribution in [0.2, 0.25) is 0 Å². The van der Waals surface area contributed by atoms with Gasteiger partial charge in [0.1, 0.15) is 6.10 Å². The summed E-state index contributed by atoms with van der Waals surface area (Å²) in [7, 11) is 0. The van der Waals surface area contributed by atoms with E-state index in [1.807, 2.05) is 20.8 Å². The van der Waals surface area contributed by atoms with Crippen molar-refractivity contribution >= 4 is 18.7 Å². The highest BCUT2D eigenvalue weighted by Gasteiger charge is 2.50. The van der Waals surface area contributed by atoms with Gasteiger partial charge in [0.2, 0.25) is 11.7 Å². The smallest absolute Gasteiger partial charge is 0.295 e. The van der Waals surface area contributed by atoms with Crippen molar-refractivity contribution in [2.24, 2.45) is 5.41 Å². The van der Waals surface area contributed by atoms with Crippen LogP contribution in [0, 0.1) is 5.41 Å². The van der Waals surface area contributed by atoms with Gasteiger partial charge in [-0.1, -0.05) is 20.8 Å². The number of aliphatic hydroxyl groups excluding tert-OH is 1. The van der Waals surface area contributed by atoms with Gasteiger partial charge < -0.3 is 24.7 Å². The number of aliphatic hydroxyl groups is 1. The quantitative estimate of drug-likeness (QED) is 0.701. The van der Waals surface area contributed by atoms with Gasteiger partial charge in [0.15, 0.2) is 6.29 Å². The number of carbonyl (C=O) groups excluding carboxylic acids is 3. The molecule has 0 radical (unpaired) electrons. The summed E-state index contributed by atoms with van der Waals surface area (Å²) in [5, 5.41) is 12.7. The maximum absolute atomic E-state index is 11.2. The second-order valence-electron chi connectivity index (χ2n) is 6.58. The average molecular weight is 301 g/mol. The van der Waals surface area contributed by atoms with Crippen molar-refractivity contribution < 1.29 is 29.0 Å². The summed E-state index contributed by atoms with van der Waals surface area (Å²) < 4.78 is 10.7. The summed E-state index contributed by atoms with van der Waals surface area (Å²) in [6.45, 7) is 7.31. The van der Waals surface area contributed by atoms with Gasteiger partial charge in [0.25, 0.3) is 6.47 Å². The zero-order valence-corrected chi connectivity index (χ0v) is 12.8. The molecule has 1 rings (SSSR count). The van der Waals surface area contributed by atoms with Crippen LogP contribution in [-0.4, -0.2) is 47.8 Å². The van der Waals surface area contributed by atoms with Crippen LogP contribution in [-0.2, 0) is 23.9 Å². The summed E-state index contributed by atoms with van der Waals surface area (Å²) in [4.78, 5) is 33.2. The molecular weight excluding hydrogens is 278 g/mol. The predicted octanol–water partition coefficient (Wildman–Crippen LogP) is 0.145. The van der Waals surface area contributed by atoms with Crippen LogP contribution in [0.15, 0.2) is 0 Å². The van der Waals surface area contributed by atoms with Crippen LogP contribution in [0.4, 0.5) is 0 Å². The summed E-state index contributed by atoms with van der Waals surface area (Å²) in [5.41, 5.74) is -0.253. The third-order valence-corrected chi connectivity index (χ3v) is 3.21. The van der Waals surface area contributed by atoms with Crippen LogP contribution in [0.25, 0.3) is 0 Å². The number of amides is 1. The van der Waals surface area contributed by atoms with Gasteiger partial charge in [-0.05, 0) is 5.41 Å². The van der Waals surface area contributed by atoms with Gasteiger partial charge in [-0.2, -0.15) is 0 Å². The highest BCUT2D eigenvalue weighted by Crippen LogP contribution is 2.38. The molecule has 0 aliphatic carbocycles. The van der Waals surface area contributed by atoms with E-state index in [2.05, 4.69) is 5.32 Å². The lowest BCUT2D eigenvalue weighted by atomic mass is 9.82. The van der Waals surface area contributed by atoms with E-state index in [4.69, 9.17) is 9.47 Å². The first-order valence-corrected chi connectivity index (χ1v) is 6.82. The second kappa shape index (κ2) is 6.53. The van der Waals surface area contributed by atoms with Gasteiger partial charge >= 0.3 is 0 Å². The number of hydrogen-bond donors (Lipinski definition) is 2. The standard InChI is InChI=1S/C14H23NO6/c1-9(18)15-12-10(19)5-14(20-8-17,7-13(2,3)4)21-11(12)6-16/h6,8,10-12,19H,5,7H2,1-4H3,(H,15,18)/t10?,11?,12-,14-/m0/s1. The van der Waals surface area contributed by atoms with Crippen molar-refractivity contribution in [1.82, 2.24) is 5.32 Å². The average Bonchev–Trinajstić information content (AvgIpc) is 2.30. The summed E-state index contributed by atoms with van der Waals surface area (Å²) >= 11 is 0. The predicted molar refractivity (Wildman–Crippen MR) is 73.1 cm³/mol. The van der Waals surface area contributed by atoms with Crippen LogP contribution in [0.5, 0.6) is 0 Å². The van der Waals surface area contributed by atoms with Crippen molar-refractivity contribution in [2.75, 3.05) is 0 Å². The zero-order valence-electron chi connectivity index (χ0n) is 12.8. The Bertz CT molecular complexity index is 405. The second-order valence-corrected chi connectivity index (χ2v) is 6.58. The molecule has 1 saturated heterocycles. The Balaban J connectivity index is 3.02. The zero-order chi connectivity index (χ0) is 16.3. The van der Waals surface area contributed by atoms with E-state index in [0.29, 0.717) is 12.7 Å². The highest BCUT2D eigenvalue weighted by molar-refractivity contribution is 5.74. The van der Waals surface area contributed by atoms with Gasteiger partial charge in [-0.25, -0.2) is 0 Å². The van der Waals surface area contributed by atoms with E-state index < -0.39 is 24.0 Å². The summed E-state index contributed by atoms with van der Waals surface area (Å²) in [5.74, 6) is -1.76. The first-order chi connectivity index (χ1) is 9.62. The SMILES string of the molecule is CC(=O)N[C@H]1C(O)C[C@](CC(C)(C)C)(OC=O)OC1C=O. The third kappa shape index (κ3) is 4.78. The van der Waals surface area contributed by atoms with E-state index in [0.717, 1.165) is 0 Å². The number of carbonyl (C=O) groups is 3. The van der Waals surface area contributed by atoms with E-state index >= 15 is 0 Å². The monoisotopic (exact) mass is 301 g/mol. The third-order valence-electron chi connectivity index (χ3n) is 3.21. The van der Waals surface area contributed by atoms with Crippen molar-refractivity contribution in [3.8, 4) is 0 Å². The molecular formula is C14H23NO6. The minimum Gasteiger partial charge on any atom is -0.435 e. The molecule has 7 nitrogen and oxygen atoms in total. The molecule has 1 heterocycles. The Labute approximate surface area is 124 Å². The summed E-state index contributed by atoms with van der Waals surface area (Å²) in [6, 6.07) is -0.858. The van der Waals surface area contributed by atoms with Crippen LogP contribution in [0.1, 0.15) is 40.5 Å². The molecule has 1 amide bonds. The molecule has 0 spiro atoms. The molecule has 0 aromatic carbocycles. The Morgan fingerprint density at radius 1 is 1.48 bits per heavy atom. The van der Waals surface area contributed by atoms with Crippen LogP contribution >= 0.6 is 0 Å². The van der Waals surface area contributed by atoms with Crippen LogP contribution in [0.3, 0.4) is 0 Å². The molecule has 4 atom stereocenters. The van der Waals surface area contributed by atoms with Crippen molar-refractivity contribution in [2.45, 2.75) is 64.6 Å². The van der Waals surface area contributed by atoms with Crippen molar-refractivity contribution in [3.63, 3.8) is 0 Å². The Kier molecular flexibility index (Phi) is 5.47. The molecule has 120 valence electrons. The van der Waals surface area contributed by atoms with Gasteiger partial charge in [0, 0.05) is 19.8 Å². The maximum Gasteiger partial charge on any atom is 0.295 e. The molecule has 21 heavy (non-hydrogen) atoms. The molecule has 1 fully saturated rings. The van der Waals surface area contributed by atoms with E-state index in [9.17, 15) is 19.5 Å². The molecule has 2 N–H and O–H groups in total. The topological polar surface area (TPSA) is 102 Å². The fraction of sp³-hybridized carbons (Fsp3) is 0.786. The number of aldehydes is 1. The van der Waals surface area contributed by atoms with E-state index in [-0.39, 0.29) is 24.2 Å². The number of nitrogens with one attached hydrogen (secondary N) is 1. The van der Waals surface area contributed by atoms with Gasteiger partial charge in [-0.3, -0.25) is 9.59 Å². The fourth-order valence-electron chi connectivity index (χ4n) is 2.69. The van der Waals surface area contributed by atoms with Gasteiger partial charge in [-0.15, -0.1) is 0 Å².